The van der Waals surface area contributed by atoms with Gasteiger partial charge in [0, 0.05) is 6.54 Å². The smallest absolute Gasteiger partial charge is 0.305 e. The second-order valence-electron chi connectivity index (χ2n) is 4.84. The summed E-state index contributed by atoms with van der Waals surface area (Å²) in [5.41, 5.74) is 3.23. The molecule has 1 fully saturated rings. The Morgan fingerprint density at radius 2 is 2.14 bits per heavy atom. The number of thioether (sulfide) groups is 1. The quantitative estimate of drug-likeness (QED) is 0.682. The maximum atomic E-state index is 12.3. The summed E-state index contributed by atoms with van der Waals surface area (Å²) in [5.74, 6) is -1.16. The molecular formula is C15H15NO3S2. The fourth-order valence-corrected chi connectivity index (χ4v) is 3.33. The number of carbonyl (C=O) groups excluding carboxylic acids is 1. The first-order chi connectivity index (χ1) is 9.88. The van der Waals surface area contributed by atoms with Crippen LogP contribution in [0.15, 0.2) is 23.1 Å². The number of carboxylic acids is 1. The van der Waals surface area contributed by atoms with Gasteiger partial charge < -0.3 is 5.11 Å². The lowest BCUT2D eigenvalue weighted by molar-refractivity contribution is -0.137. The topological polar surface area (TPSA) is 57.6 Å². The molecule has 1 amide bonds. The van der Waals surface area contributed by atoms with E-state index in [-0.39, 0.29) is 18.9 Å². The van der Waals surface area contributed by atoms with Gasteiger partial charge in [0.25, 0.3) is 5.91 Å². The molecule has 0 atom stereocenters. The molecule has 0 bridgehead atoms. The molecule has 2 rings (SSSR count). The number of aryl methyl sites for hydroxylation is 2. The Balaban J connectivity index is 2.21. The zero-order valence-corrected chi connectivity index (χ0v) is 13.4. The Morgan fingerprint density at radius 1 is 1.43 bits per heavy atom. The van der Waals surface area contributed by atoms with Crippen molar-refractivity contribution in [3.8, 4) is 0 Å². The minimum atomic E-state index is -0.942. The average molecular weight is 321 g/mol. The van der Waals surface area contributed by atoms with Gasteiger partial charge in [-0.2, -0.15) is 0 Å². The molecule has 0 saturated carbocycles. The third kappa shape index (κ3) is 3.71. The fourth-order valence-electron chi connectivity index (χ4n) is 2.03. The third-order valence-electron chi connectivity index (χ3n) is 3.13. The zero-order valence-electron chi connectivity index (χ0n) is 11.8. The molecule has 6 heteroatoms. The lowest BCUT2D eigenvalue weighted by Crippen LogP contribution is -2.30. The van der Waals surface area contributed by atoms with E-state index >= 15 is 0 Å². The maximum Gasteiger partial charge on any atom is 0.305 e. The molecule has 1 aromatic rings. The Morgan fingerprint density at radius 3 is 2.76 bits per heavy atom. The molecule has 1 aliphatic rings. The van der Waals surface area contributed by atoms with Crippen molar-refractivity contribution < 1.29 is 14.7 Å². The molecule has 0 unspecified atom stereocenters. The van der Waals surface area contributed by atoms with Crippen LogP contribution in [0.4, 0.5) is 0 Å². The Labute approximate surface area is 132 Å². The molecule has 21 heavy (non-hydrogen) atoms. The number of aliphatic carboxylic acids is 1. The Hall–Kier alpha value is -1.66. The molecule has 1 heterocycles. The first-order valence-electron chi connectivity index (χ1n) is 6.43. The predicted octanol–water partition coefficient (Wildman–Crippen LogP) is 2.98. The van der Waals surface area contributed by atoms with Gasteiger partial charge in [0.2, 0.25) is 0 Å². The molecule has 4 nitrogen and oxygen atoms in total. The van der Waals surface area contributed by atoms with E-state index in [2.05, 4.69) is 6.07 Å². The van der Waals surface area contributed by atoms with Crippen LogP contribution in [0.5, 0.6) is 0 Å². The highest BCUT2D eigenvalue weighted by atomic mass is 32.2. The standard InChI is InChI=1S/C15H15NO3S2/c1-9-3-4-11(10(2)7-9)8-12-14(19)16(15(20)21-12)6-5-13(17)18/h3-4,7-8H,5-6H2,1-2H3,(H,17,18)/b12-8-. The van der Waals surface area contributed by atoms with Crippen molar-refractivity contribution in [2.45, 2.75) is 20.3 Å². The van der Waals surface area contributed by atoms with Crippen LogP contribution in [0.25, 0.3) is 6.08 Å². The van der Waals surface area contributed by atoms with Gasteiger partial charge in [0.1, 0.15) is 4.32 Å². The second kappa shape index (κ2) is 6.41. The number of amides is 1. The van der Waals surface area contributed by atoms with Gasteiger partial charge in [0.15, 0.2) is 0 Å². The molecule has 1 N–H and O–H groups in total. The number of rotatable bonds is 4. The molecule has 1 aliphatic heterocycles. The van der Waals surface area contributed by atoms with E-state index < -0.39 is 5.97 Å². The van der Waals surface area contributed by atoms with Crippen LogP contribution < -0.4 is 0 Å². The van der Waals surface area contributed by atoms with Crippen molar-refractivity contribution in [2.24, 2.45) is 0 Å². The molecule has 0 aliphatic carbocycles. The molecule has 1 aromatic carbocycles. The molecule has 0 spiro atoms. The van der Waals surface area contributed by atoms with E-state index in [0.29, 0.717) is 9.23 Å². The van der Waals surface area contributed by atoms with E-state index in [1.807, 2.05) is 32.1 Å². The van der Waals surface area contributed by atoms with Crippen LogP contribution in [0.2, 0.25) is 0 Å². The number of thiocarbonyl (C=S) groups is 1. The van der Waals surface area contributed by atoms with E-state index in [0.717, 1.165) is 11.1 Å². The van der Waals surface area contributed by atoms with E-state index in [1.165, 1.54) is 22.2 Å². The fraction of sp³-hybridized carbons (Fsp3) is 0.267. The molecule has 110 valence electrons. The van der Waals surface area contributed by atoms with Gasteiger partial charge >= 0.3 is 5.97 Å². The monoisotopic (exact) mass is 321 g/mol. The predicted molar refractivity (Wildman–Crippen MR) is 88.0 cm³/mol. The SMILES string of the molecule is Cc1ccc(/C=C2\SC(=S)N(CCC(=O)O)C2=O)c(C)c1. The van der Waals surface area contributed by atoms with Crippen molar-refractivity contribution >= 4 is 46.3 Å². The van der Waals surface area contributed by atoms with Crippen LogP contribution >= 0.6 is 24.0 Å². The van der Waals surface area contributed by atoms with Gasteiger partial charge in [0.05, 0.1) is 11.3 Å². The number of hydrogen-bond donors (Lipinski definition) is 1. The van der Waals surface area contributed by atoms with Crippen LogP contribution in [-0.4, -0.2) is 32.7 Å². The largest absolute Gasteiger partial charge is 0.481 e. The summed E-state index contributed by atoms with van der Waals surface area (Å²) in [7, 11) is 0. The third-order valence-corrected chi connectivity index (χ3v) is 4.51. The highest BCUT2D eigenvalue weighted by Gasteiger charge is 2.32. The first kappa shape index (κ1) is 15.7. The average Bonchev–Trinajstić information content (AvgIpc) is 2.65. The molecular weight excluding hydrogens is 306 g/mol. The lowest BCUT2D eigenvalue weighted by Gasteiger charge is -2.12. The minimum absolute atomic E-state index is 0.108. The van der Waals surface area contributed by atoms with Crippen LogP contribution in [0.3, 0.4) is 0 Å². The minimum Gasteiger partial charge on any atom is -0.481 e. The molecule has 0 radical (unpaired) electrons. The maximum absolute atomic E-state index is 12.3. The van der Waals surface area contributed by atoms with Gasteiger partial charge in [-0.3, -0.25) is 14.5 Å². The highest BCUT2D eigenvalue weighted by Crippen LogP contribution is 2.33. The number of nitrogens with zero attached hydrogens (tertiary/aromatic N) is 1. The summed E-state index contributed by atoms with van der Waals surface area (Å²) < 4.78 is 0.414. The summed E-state index contributed by atoms with van der Waals surface area (Å²) >= 11 is 6.37. The van der Waals surface area contributed by atoms with E-state index in [9.17, 15) is 9.59 Å². The highest BCUT2D eigenvalue weighted by molar-refractivity contribution is 8.26. The van der Waals surface area contributed by atoms with Crippen molar-refractivity contribution in [1.82, 2.24) is 4.90 Å². The summed E-state index contributed by atoms with van der Waals surface area (Å²) in [6.07, 6.45) is 1.71. The molecule has 0 aromatic heterocycles. The van der Waals surface area contributed by atoms with Gasteiger partial charge in [-0.25, -0.2) is 0 Å². The summed E-state index contributed by atoms with van der Waals surface area (Å²) in [6, 6.07) is 6.01. The number of hydrogen-bond acceptors (Lipinski definition) is 4. The van der Waals surface area contributed by atoms with Gasteiger partial charge in [-0.1, -0.05) is 47.7 Å². The second-order valence-corrected chi connectivity index (χ2v) is 6.51. The normalized spacial score (nSPS) is 16.9. The summed E-state index contributed by atoms with van der Waals surface area (Å²) in [4.78, 5) is 24.8. The van der Waals surface area contributed by atoms with Gasteiger partial charge in [-0.05, 0) is 31.1 Å². The lowest BCUT2D eigenvalue weighted by atomic mass is 10.1. The van der Waals surface area contributed by atoms with E-state index in [1.54, 1.807) is 0 Å². The van der Waals surface area contributed by atoms with Crippen molar-refractivity contribution in [3.05, 3.63) is 39.8 Å². The Bertz CT molecular complexity index is 652. The summed E-state index contributed by atoms with van der Waals surface area (Å²) in [5, 5.41) is 8.71. The molecule has 1 saturated heterocycles. The number of carbonyl (C=O) groups is 2. The van der Waals surface area contributed by atoms with Crippen molar-refractivity contribution in [1.29, 1.82) is 0 Å². The van der Waals surface area contributed by atoms with Crippen molar-refractivity contribution in [3.63, 3.8) is 0 Å². The number of benzene rings is 1. The Kier molecular flexibility index (Phi) is 4.80. The van der Waals surface area contributed by atoms with Crippen LogP contribution in [0.1, 0.15) is 23.1 Å². The van der Waals surface area contributed by atoms with Crippen LogP contribution in [-0.2, 0) is 9.59 Å². The van der Waals surface area contributed by atoms with E-state index in [4.69, 9.17) is 17.3 Å². The van der Waals surface area contributed by atoms with Crippen LogP contribution in [0, 0.1) is 13.8 Å². The first-order valence-corrected chi connectivity index (χ1v) is 7.65. The van der Waals surface area contributed by atoms with Gasteiger partial charge in [-0.15, -0.1) is 0 Å². The zero-order chi connectivity index (χ0) is 15.6. The number of carboxylic acid groups (broad SMARTS) is 1. The van der Waals surface area contributed by atoms with Crippen molar-refractivity contribution in [2.75, 3.05) is 6.54 Å². The summed E-state index contributed by atoms with van der Waals surface area (Å²) in [6.45, 7) is 4.12.